The lowest BCUT2D eigenvalue weighted by Crippen LogP contribution is -2.43. The van der Waals surface area contributed by atoms with Gasteiger partial charge in [-0.1, -0.05) is 12.1 Å². The van der Waals surface area contributed by atoms with E-state index in [0.29, 0.717) is 57.3 Å². The highest BCUT2D eigenvalue weighted by Gasteiger charge is 2.34. The predicted molar refractivity (Wildman–Crippen MR) is 108 cm³/mol. The van der Waals surface area contributed by atoms with Crippen LogP contribution in [0.2, 0.25) is 0 Å². The summed E-state index contributed by atoms with van der Waals surface area (Å²) in [6.45, 7) is 2.03. The molecule has 2 aromatic rings. The fourth-order valence-corrected chi connectivity index (χ4v) is 4.16. The predicted octanol–water partition coefficient (Wildman–Crippen LogP) is 3.27. The van der Waals surface area contributed by atoms with Gasteiger partial charge in [-0.3, -0.25) is 9.59 Å². The lowest BCUT2D eigenvalue weighted by molar-refractivity contribution is -0.116. The maximum absolute atomic E-state index is 13.1. The number of anilines is 1. The molecular weight excluding hydrogens is 371 g/mol. The maximum atomic E-state index is 13.1. The molecule has 5 nitrogen and oxygen atoms in total. The van der Waals surface area contributed by atoms with E-state index in [2.05, 4.69) is 10.2 Å². The van der Waals surface area contributed by atoms with Gasteiger partial charge in [-0.25, -0.2) is 4.39 Å². The van der Waals surface area contributed by atoms with E-state index in [1.54, 1.807) is 18.2 Å². The number of Topliss-reactive ketones (excluding diaryl/α,β-unsaturated/α-hetero) is 1. The molecule has 152 valence electrons. The Balaban J connectivity index is 1.31. The number of nitrogens with zero attached hydrogens (tertiary/aromatic N) is 1. The molecule has 6 heteroatoms. The summed E-state index contributed by atoms with van der Waals surface area (Å²) in [6, 6.07) is 11.5. The molecule has 0 bridgehead atoms. The molecule has 0 radical (unpaired) electrons. The van der Waals surface area contributed by atoms with Gasteiger partial charge in [-0.05, 0) is 60.7 Å². The molecule has 1 fully saturated rings. The Morgan fingerprint density at radius 3 is 2.55 bits per heavy atom. The number of rotatable bonds is 5. The number of carbonyl (C=O) groups excluding carboxylic acids is 2. The van der Waals surface area contributed by atoms with Gasteiger partial charge in [-0.2, -0.15) is 0 Å². The lowest BCUT2D eigenvalue weighted by Gasteiger charge is -2.38. The monoisotopic (exact) mass is 396 g/mol. The normalized spacial score (nSPS) is 18.8. The van der Waals surface area contributed by atoms with Crippen LogP contribution < -0.4 is 5.32 Å². The number of amides is 1. The average Bonchev–Trinajstić information content (AvgIpc) is 2.73. The molecule has 0 unspecified atom stereocenters. The van der Waals surface area contributed by atoms with Crippen LogP contribution in [0.25, 0.3) is 0 Å². The third-order valence-corrected chi connectivity index (χ3v) is 6.04. The number of aliphatic hydroxyl groups is 1. The first-order chi connectivity index (χ1) is 13.9. The van der Waals surface area contributed by atoms with Gasteiger partial charge in [0, 0.05) is 43.7 Å². The number of piperidine rings is 1. The van der Waals surface area contributed by atoms with Crippen LogP contribution in [-0.4, -0.2) is 41.3 Å². The highest BCUT2D eigenvalue weighted by Crippen LogP contribution is 2.33. The summed E-state index contributed by atoms with van der Waals surface area (Å²) in [5.41, 5.74) is 2.30. The van der Waals surface area contributed by atoms with Crippen molar-refractivity contribution in [2.24, 2.45) is 0 Å². The van der Waals surface area contributed by atoms with Crippen LogP contribution in [0.3, 0.4) is 0 Å². The van der Waals surface area contributed by atoms with Gasteiger partial charge in [-0.15, -0.1) is 0 Å². The van der Waals surface area contributed by atoms with Crippen LogP contribution >= 0.6 is 0 Å². The largest absolute Gasteiger partial charge is 0.385 e. The molecule has 2 aliphatic rings. The quantitative estimate of drug-likeness (QED) is 0.761. The Hall–Kier alpha value is -2.57. The standard InChI is InChI=1S/C23H25FN2O3/c24-19-5-3-18(4-6-19)23(29)10-13-26(14-11-23)12-9-21(27)17-1-7-20-16(15-17)2-8-22(28)25-20/h1,3-7,15,29H,2,8-14H2,(H,25,28). The molecule has 0 atom stereocenters. The summed E-state index contributed by atoms with van der Waals surface area (Å²) in [5.74, 6) is -0.204. The van der Waals surface area contributed by atoms with E-state index in [4.69, 9.17) is 0 Å². The summed E-state index contributed by atoms with van der Waals surface area (Å²) in [5, 5.41) is 13.7. The highest BCUT2D eigenvalue weighted by molar-refractivity contribution is 5.99. The lowest BCUT2D eigenvalue weighted by atomic mass is 9.84. The molecule has 0 aromatic heterocycles. The summed E-state index contributed by atoms with van der Waals surface area (Å²) < 4.78 is 13.1. The first kappa shape index (κ1) is 19.7. The van der Waals surface area contributed by atoms with Crippen molar-refractivity contribution in [2.75, 3.05) is 25.0 Å². The molecule has 2 aliphatic heterocycles. The summed E-state index contributed by atoms with van der Waals surface area (Å²) in [7, 11) is 0. The number of carbonyl (C=O) groups is 2. The molecule has 0 saturated carbocycles. The van der Waals surface area contributed by atoms with E-state index in [1.807, 2.05) is 12.1 Å². The number of hydrogen-bond acceptors (Lipinski definition) is 4. The SMILES string of the molecule is O=C1CCc2cc(C(=O)CCN3CCC(O)(c4ccc(F)cc4)CC3)ccc2N1. The van der Waals surface area contributed by atoms with E-state index in [0.717, 1.165) is 16.8 Å². The van der Waals surface area contributed by atoms with Gasteiger partial charge >= 0.3 is 0 Å². The van der Waals surface area contributed by atoms with Gasteiger partial charge < -0.3 is 15.3 Å². The van der Waals surface area contributed by atoms with E-state index in [-0.39, 0.29) is 17.5 Å². The van der Waals surface area contributed by atoms with Crippen molar-refractivity contribution in [1.29, 1.82) is 0 Å². The van der Waals surface area contributed by atoms with Crippen LogP contribution in [0, 0.1) is 5.82 Å². The number of fused-ring (bicyclic) bond motifs is 1. The number of halogens is 1. The summed E-state index contributed by atoms with van der Waals surface area (Å²) in [4.78, 5) is 26.3. The molecule has 29 heavy (non-hydrogen) atoms. The molecular formula is C23H25FN2O3. The molecule has 2 N–H and O–H groups in total. The zero-order valence-corrected chi connectivity index (χ0v) is 16.3. The summed E-state index contributed by atoms with van der Waals surface area (Å²) >= 11 is 0. The second-order valence-corrected chi connectivity index (χ2v) is 7.97. The number of aryl methyl sites for hydroxylation is 1. The van der Waals surface area contributed by atoms with Crippen molar-refractivity contribution in [3.05, 3.63) is 65.0 Å². The van der Waals surface area contributed by atoms with Crippen LogP contribution in [0.15, 0.2) is 42.5 Å². The van der Waals surface area contributed by atoms with Crippen LogP contribution in [0.4, 0.5) is 10.1 Å². The van der Waals surface area contributed by atoms with Crippen molar-refractivity contribution < 1.29 is 19.1 Å². The Morgan fingerprint density at radius 2 is 1.83 bits per heavy atom. The minimum atomic E-state index is -0.933. The molecule has 4 rings (SSSR count). The summed E-state index contributed by atoms with van der Waals surface area (Å²) in [6.07, 6.45) is 2.66. The fourth-order valence-electron chi connectivity index (χ4n) is 4.16. The van der Waals surface area contributed by atoms with Crippen molar-refractivity contribution in [3.8, 4) is 0 Å². The van der Waals surface area contributed by atoms with Gasteiger partial charge in [0.2, 0.25) is 5.91 Å². The maximum Gasteiger partial charge on any atom is 0.224 e. The number of likely N-dealkylation sites (tertiary alicyclic amines) is 1. The third kappa shape index (κ3) is 4.38. The third-order valence-electron chi connectivity index (χ3n) is 6.04. The van der Waals surface area contributed by atoms with E-state index in [1.165, 1.54) is 12.1 Å². The minimum absolute atomic E-state index is 0.0160. The number of ketones is 1. The van der Waals surface area contributed by atoms with E-state index in [9.17, 15) is 19.1 Å². The second kappa shape index (κ2) is 8.05. The average molecular weight is 396 g/mol. The topological polar surface area (TPSA) is 69.6 Å². The minimum Gasteiger partial charge on any atom is -0.385 e. The zero-order chi connectivity index (χ0) is 20.4. The van der Waals surface area contributed by atoms with Crippen molar-refractivity contribution in [1.82, 2.24) is 4.90 Å². The van der Waals surface area contributed by atoms with Crippen LogP contribution in [0.1, 0.15) is 47.2 Å². The van der Waals surface area contributed by atoms with Crippen molar-refractivity contribution in [2.45, 2.75) is 37.7 Å². The van der Waals surface area contributed by atoms with Gasteiger partial charge in [0.05, 0.1) is 5.60 Å². The molecule has 0 spiro atoms. The molecule has 1 amide bonds. The van der Waals surface area contributed by atoms with E-state index < -0.39 is 5.60 Å². The van der Waals surface area contributed by atoms with Crippen LogP contribution in [-0.2, 0) is 16.8 Å². The van der Waals surface area contributed by atoms with Crippen molar-refractivity contribution >= 4 is 17.4 Å². The molecule has 1 saturated heterocycles. The smallest absolute Gasteiger partial charge is 0.224 e. The van der Waals surface area contributed by atoms with E-state index >= 15 is 0 Å². The first-order valence-corrected chi connectivity index (χ1v) is 10.1. The second-order valence-electron chi connectivity index (χ2n) is 7.97. The highest BCUT2D eigenvalue weighted by atomic mass is 19.1. The zero-order valence-electron chi connectivity index (χ0n) is 16.3. The molecule has 2 heterocycles. The molecule has 2 aromatic carbocycles. The Morgan fingerprint density at radius 1 is 1.10 bits per heavy atom. The van der Waals surface area contributed by atoms with Crippen molar-refractivity contribution in [3.63, 3.8) is 0 Å². The Labute approximate surface area is 169 Å². The number of benzene rings is 2. The van der Waals surface area contributed by atoms with Gasteiger partial charge in [0.15, 0.2) is 5.78 Å². The Bertz CT molecular complexity index is 918. The number of nitrogens with one attached hydrogen (secondary N) is 1. The fraction of sp³-hybridized carbons (Fsp3) is 0.391. The van der Waals surface area contributed by atoms with Gasteiger partial charge in [0.25, 0.3) is 0 Å². The van der Waals surface area contributed by atoms with Gasteiger partial charge in [0.1, 0.15) is 5.82 Å². The van der Waals surface area contributed by atoms with Crippen LogP contribution in [0.5, 0.6) is 0 Å². The molecule has 0 aliphatic carbocycles. The number of hydrogen-bond donors (Lipinski definition) is 2. The first-order valence-electron chi connectivity index (χ1n) is 10.1. The Kier molecular flexibility index (Phi) is 5.48.